The molecule has 1 saturated carbocycles. The highest BCUT2D eigenvalue weighted by atomic mass is 15.3. The summed E-state index contributed by atoms with van der Waals surface area (Å²) < 4.78 is 2.19. The van der Waals surface area contributed by atoms with Gasteiger partial charge in [-0.3, -0.25) is 4.68 Å². The average Bonchev–Trinajstić information content (AvgIpc) is 2.91. The highest BCUT2D eigenvalue weighted by Gasteiger charge is 2.26. The summed E-state index contributed by atoms with van der Waals surface area (Å²) in [5.41, 5.74) is 3.30. The first-order valence-electron chi connectivity index (χ1n) is 6.40. The minimum Gasteiger partial charge on any atom is -0.265 e. The molecule has 16 heavy (non-hydrogen) atoms. The lowest BCUT2D eigenvalue weighted by molar-refractivity contribution is 0.322. The Morgan fingerprint density at radius 3 is 2.69 bits per heavy atom. The third kappa shape index (κ3) is 1.44. The Kier molecular flexibility index (Phi) is 2.43. The van der Waals surface area contributed by atoms with Crippen molar-refractivity contribution in [2.45, 2.75) is 57.4 Å². The predicted octanol–water partition coefficient (Wildman–Crippen LogP) is 2.75. The van der Waals surface area contributed by atoms with Crippen molar-refractivity contribution in [2.75, 3.05) is 0 Å². The van der Waals surface area contributed by atoms with Crippen LogP contribution in [-0.2, 0) is 12.8 Å². The van der Waals surface area contributed by atoms with Crippen molar-refractivity contribution >= 4 is 0 Å². The quantitative estimate of drug-likeness (QED) is 0.722. The van der Waals surface area contributed by atoms with Crippen LogP contribution in [0.15, 0.2) is 0 Å². The minimum atomic E-state index is 0.572. The fourth-order valence-electron chi connectivity index (χ4n) is 3.18. The van der Waals surface area contributed by atoms with Gasteiger partial charge in [-0.15, -0.1) is 0 Å². The van der Waals surface area contributed by atoms with Gasteiger partial charge in [-0.05, 0) is 32.1 Å². The van der Waals surface area contributed by atoms with Gasteiger partial charge < -0.3 is 0 Å². The van der Waals surface area contributed by atoms with Crippen LogP contribution in [0.25, 0.3) is 0 Å². The van der Waals surface area contributed by atoms with Gasteiger partial charge in [0.2, 0.25) is 0 Å². The predicted molar refractivity (Wildman–Crippen MR) is 61.1 cm³/mol. The number of rotatable bonds is 1. The Bertz CT molecular complexity index is 433. The van der Waals surface area contributed by atoms with Crippen LogP contribution in [0.2, 0.25) is 0 Å². The van der Waals surface area contributed by atoms with Crippen molar-refractivity contribution in [2.24, 2.45) is 0 Å². The second-order valence-electron chi connectivity index (χ2n) is 4.98. The first kappa shape index (κ1) is 9.89. The van der Waals surface area contributed by atoms with Crippen LogP contribution in [0.4, 0.5) is 0 Å². The maximum absolute atomic E-state index is 9.09. The molecule has 0 spiro atoms. The zero-order chi connectivity index (χ0) is 11.0. The zero-order valence-electron chi connectivity index (χ0n) is 9.58. The molecule has 0 atom stereocenters. The van der Waals surface area contributed by atoms with Gasteiger partial charge in [0.15, 0.2) is 5.69 Å². The van der Waals surface area contributed by atoms with Crippen molar-refractivity contribution in [1.29, 1.82) is 5.26 Å². The number of hydrogen-bond donors (Lipinski definition) is 0. The molecule has 84 valence electrons. The second kappa shape index (κ2) is 3.93. The summed E-state index contributed by atoms with van der Waals surface area (Å²) in [6, 6.07) is 2.83. The Hall–Kier alpha value is -1.30. The molecular formula is C13H17N3. The summed E-state index contributed by atoms with van der Waals surface area (Å²) in [7, 11) is 0. The van der Waals surface area contributed by atoms with E-state index in [1.807, 2.05) is 0 Å². The van der Waals surface area contributed by atoms with E-state index in [0.29, 0.717) is 11.7 Å². The molecule has 0 saturated heterocycles. The lowest BCUT2D eigenvalue weighted by Crippen LogP contribution is -2.16. The van der Waals surface area contributed by atoms with Crippen LogP contribution in [0.5, 0.6) is 0 Å². The molecule has 1 heterocycles. The van der Waals surface area contributed by atoms with E-state index in [-0.39, 0.29) is 0 Å². The maximum atomic E-state index is 9.09. The molecule has 1 aromatic heterocycles. The molecule has 0 amide bonds. The van der Waals surface area contributed by atoms with Crippen LogP contribution in [0.1, 0.15) is 61.5 Å². The Balaban J connectivity index is 1.98. The van der Waals surface area contributed by atoms with Gasteiger partial charge in [0.05, 0.1) is 6.04 Å². The van der Waals surface area contributed by atoms with Gasteiger partial charge in [-0.25, -0.2) is 0 Å². The third-order valence-electron chi connectivity index (χ3n) is 3.99. The van der Waals surface area contributed by atoms with Crippen molar-refractivity contribution in [3.05, 3.63) is 17.0 Å². The van der Waals surface area contributed by atoms with E-state index in [0.717, 1.165) is 12.8 Å². The van der Waals surface area contributed by atoms with Gasteiger partial charge in [0.25, 0.3) is 0 Å². The van der Waals surface area contributed by atoms with E-state index in [4.69, 9.17) is 5.26 Å². The molecule has 0 unspecified atom stereocenters. The van der Waals surface area contributed by atoms with Crippen molar-refractivity contribution < 1.29 is 0 Å². The number of nitrogens with zero attached hydrogens (tertiary/aromatic N) is 3. The largest absolute Gasteiger partial charge is 0.265 e. The topological polar surface area (TPSA) is 41.6 Å². The van der Waals surface area contributed by atoms with Crippen LogP contribution in [0, 0.1) is 11.3 Å². The molecule has 3 rings (SSSR count). The monoisotopic (exact) mass is 215 g/mol. The van der Waals surface area contributed by atoms with Gasteiger partial charge in [0.1, 0.15) is 6.07 Å². The maximum Gasteiger partial charge on any atom is 0.165 e. The summed E-state index contributed by atoms with van der Waals surface area (Å²) in [6.07, 6.45) is 9.89. The highest BCUT2D eigenvalue weighted by Crippen LogP contribution is 2.33. The van der Waals surface area contributed by atoms with Crippen LogP contribution >= 0.6 is 0 Å². The summed E-state index contributed by atoms with van der Waals surface area (Å²) in [6.45, 7) is 0. The molecule has 1 fully saturated rings. The number of fused-ring (bicyclic) bond motifs is 1. The lowest BCUT2D eigenvalue weighted by atomic mass is 9.95. The fourth-order valence-corrected chi connectivity index (χ4v) is 3.18. The van der Waals surface area contributed by atoms with Crippen LogP contribution in [-0.4, -0.2) is 9.78 Å². The van der Waals surface area contributed by atoms with Crippen molar-refractivity contribution in [3.63, 3.8) is 0 Å². The Labute approximate surface area is 96.1 Å². The molecule has 3 heteroatoms. The number of aromatic nitrogens is 2. The number of nitriles is 1. The summed E-state index contributed by atoms with van der Waals surface area (Å²) in [5, 5.41) is 13.6. The van der Waals surface area contributed by atoms with E-state index >= 15 is 0 Å². The Morgan fingerprint density at radius 2 is 1.94 bits per heavy atom. The third-order valence-corrected chi connectivity index (χ3v) is 3.99. The first-order chi connectivity index (χ1) is 7.90. The van der Waals surface area contributed by atoms with Crippen LogP contribution < -0.4 is 0 Å². The average molecular weight is 215 g/mol. The molecule has 0 radical (unpaired) electrons. The standard InChI is InChI=1S/C13H17N3/c14-9-12-11-7-4-8-13(11)16(15-12)10-5-2-1-3-6-10/h10H,1-8H2. The zero-order valence-corrected chi connectivity index (χ0v) is 9.58. The lowest BCUT2D eigenvalue weighted by Gasteiger charge is -2.23. The molecule has 0 N–H and O–H groups in total. The molecule has 1 aromatic rings. The molecule has 0 aliphatic heterocycles. The highest BCUT2D eigenvalue weighted by molar-refractivity contribution is 5.38. The summed E-state index contributed by atoms with van der Waals surface area (Å²) in [5.74, 6) is 0. The smallest absolute Gasteiger partial charge is 0.165 e. The second-order valence-corrected chi connectivity index (χ2v) is 4.98. The van der Waals surface area contributed by atoms with Crippen LogP contribution in [0.3, 0.4) is 0 Å². The normalized spacial score (nSPS) is 20.7. The van der Waals surface area contributed by atoms with E-state index in [9.17, 15) is 0 Å². The minimum absolute atomic E-state index is 0.572. The molecule has 0 aromatic carbocycles. The molecule has 0 bridgehead atoms. The van der Waals surface area contributed by atoms with Gasteiger partial charge in [0, 0.05) is 11.3 Å². The van der Waals surface area contributed by atoms with Crippen molar-refractivity contribution in [3.8, 4) is 6.07 Å². The first-order valence-corrected chi connectivity index (χ1v) is 6.40. The number of hydrogen-bond acceptors (Lipinski definition) is 2. The molecule has 3 nitrogen and oxygen atoms in total. The molecular weight excluding hydrogens is 198 g/mol. The molecule has 2 aliphatic rings. The Morgan fingerprint density at radius 1 is 1.12 bits per heavy atom. The van der Waals surface area contributed by atoms with E-state index in [2.05, 4.69) is 15.8 Å². The van der Waals surface area contributed by atoms with Gasteiger partial charge >= 0.3 is 0 Å². The summed E-state index contributed by atoms with van der Waals surface area (Å²) >= 11 is 0. The van der Waals surface area contributed by atoms with E-state index < -0.39 is 0 Å². The fraction of sp³-hybridized carbons (Fsp3) is 0.692. The van der Waals surface area contributed by atoms with Crippen molar-refractivity contribution in [1.82, 2.24) is 9.78 Å². The van der Waals surface area contributed by atoms with Gasteiger partial charge in [-0.1, -0.05) is 19.3 Å². The summed E-state index contributed by atoms with van der Waals surface area (Å²) in [4.78, 5) is 0. The van der Waals surface area contributed by atoms with Gasteiger partial charge in [-0.2, -0.15) is 10.4 Å². The molecule has 2 aliphatic carbocycles. The van der Waals surface area contributed by atoms with E-state index in [1.54, 1.807) is 0 Å². The van der Waals surface area contributed by atoms with E-state index in [1.165, 1.54) is 49.8 Å². The SMILES string of the molecule is N#Cc1nn(C2CCCCC2)c2c1CCC2.